The highest BCUT2D eigenvalue weighted by atomic mass is 19.3. The lowest BCUT2D eigenvalue weighted by Crippen LogP contribution is -2.43. The van der Waals surface area contributed by atoms with E-state index >= 15 is 0 Å². The van der Waals surface area contributed by atoms with E-state index in [0.717, 1.165) is 38.1 Å². The van der Waals surface area contributed by atoms with Crippen LogP contribution in [0.4, 0.5) is 14.7 Å². The van der Waals surface area contributed by atoms with E-state index in [2.05, 4.69) is 40.5 Å². The third-order valence-corrected chi connectivity index (χ3v) is 6.87. The van der Waals surface area contributed by atoms with Crippen LogP contribution in [0.3, 0.4) is 0 Å². The number of rotatable bonds is 6. The Morgan fingerprint density at radius 3 is 2.81 bits per heavy atom. The predicted octanol–water partition coefficient (Wildman–Crippen LogP) is 2.42. The van der Waals surface area contributed by atoms with E-state index in [-0.39, 0.29) is 29.1 Å². The monoisotopic (exact) mass is 510 g/mol. The summed E-state index contributed by atoms with van der Waals surface area (Å²) in [6.45, 7) is -1.06. The lowest BCUT2D eigenvalue weighted by molar-refractivity contribution is -0.138. The number of amides is 1. The Bertz CT molecular complexity index is 1420. The topological polar surface area (TPSA) is 129 Å². The molecular weight excluding hydrogens is 486 g/mol. The van der Waals surface area contributed by atoms with Crippen molar-refractivity contribution in [1.29, 1.82) is 0 Å². The van der Waals surface area contributed by atoms with Crippen LogP contribution >= 0.6 is 0 Å². The molecule has 12 nitrogen and oxygen atoms in total. The number of fused-ring (bicyclic) bond motifs is 2. The summed E-state index contributed by atoms with van der Waals surface area (Å²) in [5, 5.41) is 19.5. The maximum Gasteiger partial charge on any atom is 0.387 e. The first-order valence-corrected chi connectivity index (χ1v) is 12.1. The molecule has 37 heavy (non-hydrogen) atoms. The molecule has 192 valence electrons. The molecule has 4 heterocycles. The van der Waals surface area contributed by atoms with Crippen LogP contribution in [-0.2, 0) is 17.9 Å². The number of nitrogens with zero attached hydrogens (tertiary/aromatic N) is 9. The Kier molecular flexibility index (Phi) is 6.06. The van der Waals surface area contributed by atoms with Crippen LogP contribution in [0.15, 0.2) is 36.8 Å². The maximum absolute atomic E-state index is 13.1. The Balaban J connectivity index is 1.09. The Labute approximate surface area is 209 Å². The quantitative estimate of drug-likeness (QED) is 0.416. The van der Waals surface area contributed by atoms with Gasteiger partial charge in [-0.3, -0.25) is 4.79 Å². The van der Waals surface area contributed by atoms with Crippen molar-refractivity contribution in [1.82, 2.24) is 44.6 Å². The number of halogens is 2. The summed E-state index contributed by atoms with van der Waals surface area (Å²) in [5.74, 6) is 1.81. The molecule has 0 spiro atoms. The molecule has 4 aromatic rings. The van der Waals surface area contributed by atoms with Gasteiger partial charge in [0.05, 0.1) is 6.54 Å². The summed E-state index contributed by atoms with van der Waals surface area (Å²) in [4.78, 5) is 23.8. The number of aromatic nitrogens is 8. The molecule has 1 N–H and O–H groups in total. The molecule has 0 unspecified atom stereocenters. The van der Waals surface area contributed by atoms with Gasteiger partial charge in [-0.15, -0.1) is 15.3 Å². The second-order valence-electron chi connectivity index (χ2n) is 9.14. The molecule has 0 saturated heterocycles. The molecule has 1 fully saturated rings. The second-order valence-corrected chi connectivity index (χ2v) is 9.14. The maximum atomic E-state index is 13.1. The van der Waals surface area contributed by atoms with Crippen molar-refractivity contribution in [2.75, 3.05) is 11.9 Å². The highest BCUT2D eigenvalue weighted by Crippen LogP contribution is 2.29. The van der Waals surface area contributed by atoms with Gasteiger partial charge in [0, 0.05) is 37.3 Å². The van der Waals surface area contributed by atoms with E-state index in [9.17, 15) is 13.6 Å². The number of nitrogens with one attached hydrogen (secondary N) is 1. The normalized spacial score (nSPS) is 19.7. The van der Waals surface area contributed by atoms with Crippen molar-refractivity contribution < 1.29 is 18.3 Å². The summed E-state index contributed by atoms with van der Waals surface area (Å²) in [7, 11) is 0. The molecule has 1 saturated carbocycles. The van der Waals surface area contributed by atoms with Crippen LogP contribution in [0.1, 0.15) is 31.5 Å². The van der Waals surface area contributed by atoms with E-state index in [1.807, 2.05) is 9.47 Å². The minimum absolute atomic E-state index is 0.00839. The highest BCUT2D eigenvalue weighted by Gasteiger charge is 2.31. The summed E-state index contributed by atoms with van der Waals surface area (Å²) in [6.07, 6.45) is 6.49. The number of carbonyl (C=O) groups excluding carboxylic acids is 1. The molecule has 14 heteroatoms. The van der Waals surface area contributed by atoms with Crippen molar-refractivity contribution >= 4 is 22.9 Å². The zero-order valence-electron chi connectivity index (χ0n) is 19.7. The first-order chi connectivity index (χ1) is 18.0. The number of alkyl halides is 2. The summed E-state index contributed by atoms with van der Waals surface area (Å²) in [6, 6.07) is 6.50. The van der Waals surface area contributed by atoms with E-state index in [4.69, 9.17) is 0 Å². The lowest BCUT2D eigenvalue weighted by Gasteiger charge is -2.34. The van der Waals surface area contributed by atoms with Gasteiger partial charge in [0.15, 0.2) is 22.9 Å². The standard InChI is InChI=1S/C23H24F2N10O2/c24-22(25)37-17-3-1-2-16-20(17)31-32-35(16)18-8-9-26-23(29-18)28-15-6-4-14(5-7-15)21(36)33-10-11-34-13-27-30-19(34)12-33/h1-3,8-9,13-15,22H,4-7,10-12H2,(H,26,28,29). The highest BCUT2D eigenvalue weighted by molar-refractivity contribution is 5.82. The van der Waals surface area contributed by atoms with Gasteiger partial charge in [0.2, 0.25) is 11.9 Å². The average Bonchev–Trinajstić information content (AvgIpc) is 3.56. The Morgan fingerprint density at radius 2 is 1.97 bits per heavy atom. The third-order valence-electron chi connectivity index (χ3n) is 6.87. The van der Waals surface area contributed by atoms with Crippen molar-refractivity contribution in [3.05, 3.63) is 42.6 Å². The van der Waals surface area contributed by atoms with E-state index in [0.29, 0.717) is 30.4 Å². The van der Waals surface area contributed by atoms with Crippen LogP contribution in [0.25, 0.3) is 16.9 Å². The molecule has 1 aliphatic heterocycles. The largest absolute Gasteiger partial charge is 0.432 e. The van der Waals surface area contributed by atoms with E-state index < -0.39 is 6.61 Å². The fraction of sp³-hybridized carbons (Fsp3) is 0.435. The van der Waals surface area contributed by atoms with Gasteiger partial charge in [-0.2, -0.15) is 18.4 Å². The van der Waals surface area contributed by atoms with Gasteiger partial charge in [-0.25, -0.2) is 4.98 Å². The fourth-order valence-corrected chi connectivity index (χ4v) is 5.00. The Hall–Kier alpha value is -4.23. The minimum Gasteiger partial charge on any atom is -0.432 e. The summed E-state index contributed by atoms with van der Waals surface area (Å²) in [5.41, 5.74) is 0.700. The molecule has 0 atom stereocenters. The number of anilines is 1. The van der Waals surface area contributed by atoms with E-state index in [1.54, 1.807) is 30.7 Å². The van der Waals surface area contributed by atoms with Gasteiger partial charge < -0.3 is 19.5 Å². The molecule has 0 radical (unpaired) electrons. The average molecular weight is 511 g/mol. The van der Waals surface area contributed by atoms with E-state index in [1.165, 1.54) is 10.7 Å². The number of hydrogen-bond donors (Lipinski definition) is 1. The van der Waals surface area contributed by atoms with Crippen LogP contribution < -0.4 is 10.1 Å². The van der Waals surface area contributed by atoms with Crippen molar-refractivity contribution in [3.8, 4) is 11.6 Å². The third kappa shape index (κ3) is 4.66. The summed E-state index contributed by atoms with van der Waals surface area (Å²) >= 11 is 0. The predicted molar refractivity (Wildman–Crippen MR) is 126 cm³/mol. The Morgan fingerprint density at radius 1 is 1.11 bits per heavy atom. The van der Waals surface area contributed by atoms with Crippen LogP contribution in [0.2, 0.25) is 0 Å². The molecule has 1 amide bonds. The first kappa shape index (κ1) is 23.2. The number of ether oxygens (including phenoxy) is 1. The van der Waals surface area contributed by atoms with Crippen LogP contribution in [0, 0.1) is 5.92 Å². The molecule has 0 bridgehead atoms. The van der Waals surface area contributed by atoms with Crippen molar-refractivity contribution in [3.63, 3.8) is 0 Å². The fourth-order valence-electron chi connectivity index (χ4n) is 5.00. The summed E-state index contributed by atoms with van der Waals surface area (Å²) < 4.78 is 33.4. The van der Waals surface area contributed by atoms with Crippen molar-refractivity contribution in [2.45, 2.75) is 51.4 Å². The van der Waals surface area contributed by atoms with Gasteiger partial charge in [0.1, 0.15) is 11.8 Å². The zero-order chi connectivity index (χ0) is 25.4. The van der Waals surface area contributed by atoms with Gasteiger partial charge >= 0.3 is 6.61 Å². The van der Waals surface area contributed by atoms with Gasteiger partial charge in [-0.1, -0.05) is 11.3 Å². The lowest BCUT2D eigenvalue weighted by atomic mass is 9.85. The second kappa shape index (κ2) is 9.67. The number of carbonyl (C=O) groups is 1. The number of benzene rings is 1. The molecule has 2 aliphatic rings. The van der Waals surface area contributed by atoms with Crippen LogP contribution in [-0.4, -0.2) is 69.7 Å². The van der Waals surface area contributed by atoms with Gasteiger partial charge in [0.25, 0.3) is 0 Å². The zero-order valence-corrected chi connectivity index (χ0v) is 19.7. The molecular formula is C23H24F2N10O2. The van der Waals surface area contributed by atoms with Crippen molar-refractivity contribution in [2.24, 2.45) is 5.92 Å². The molecule has 1 aromatic carbocycles. The van der Waals surface area contributed by atoms with Gasteiger partial charge in [-0.05, 0) is 37.8 Å². The number of hydrogen-bond acceptors (Lipinski definition) is 9. The first-order valence-electron chi connectivity index (χ1n) is 12.1. The molecule has 6 rings (SSSR count). The molecule has 1 aliphatic carbocycles. The minimum atomic E-state index is -2.96. The van der Waals surface area contributed by atoms with Crippen LogP contribution in [0.5, 0.6) is 5.75 Å². The molecule has 3 aromatic heterocycles. The smallest absolute Gasteiger partial charge is 0.387 e. The SMILES string of the molecule is O=C(C1CCC(Nc2nccc(-n3nnc4c(OC(F)F)cccc43)n2)CC1)N1CCn2cnnc2C1.